The molecule has 4 aromatic rings. The van der Waals surface area contributed by atoms with Crippen molar-refractivity contribution >= 4 is 24.9 Å². The lowest BCUT2D eigenvalue weighted by Crippen LogP contribution is -2.46. The van der Waals surface area contributed by atoms with Crippen molar-refractivity contribution in [2.75, 3.05) is 19.5 Å². The standard InChI is InChI=1S/C24H26N5O9P/c1-36-16-9-14(13-5-3-2-4-6-13)7-8-15(16)10-28-12-29(21-18(28)22(32)27-24(25)26-21)23-20(31)19(30)17(38-23)11-37-39(33,34)35/h2-9,12,17,19-20,23,30-31H,10-11H2,1H3,(H4-,25,26,27,32,33,34,35)/t17-,19-,20-,23-/m0/s1. The van der Waals surface area contributed by atoms with Crippen molar-refractivity contribution in [1.29, 1.82) is 0 Å². The summed E-state index contributed by atoms with van der Waals surface area (Å²) in [5, 5.41) is 34.0. The summed E-state index contributed by atoms with van der Waals surface area (Å²) < 4.78 is 29.7. The van der Waals surface area contributed by atoms with Crippen LogP contribution in [0, 0.1) is 0 Å². The average molecular weight is 559 g/mol. The van der Waals surface area contributed by atoms with Crippen LogP contribution >= 0.6 is 7.82 Å². The van der Waals surface area contributed by atoms with Crippen molar-refractivity contribution in [3.63, 3.8) is 0 Å². The quantitative estimate of drug-likeness (QED) is 0.141. The van der Waals surface area contributed by atoms with Crippen LogP contribution in [0.15, 0.2) is 54.9 Å². The van der Waals surface area contributed by atoms with E-state index in [0.29, 0.717) is 5.75 Å². The topological polar surface area (TPSA) is 209 Å². The number of imidazole rings is 1. The minimum absolute atomic E-state index is 0.0279. The van der Waals surface area contributed by atoms with Gasteiger partial charge in [-0.15, -0.1) is 0 Å². The van der Waals surface area contributed by atoms with E-state index in [1.807, 2.05) is 48.5 Å². The molecule has 6 N–H and O–H groups in total. The van der Waals surface area contributed by atoms with E-state index in [1.54, 1.807) is 4.57 Å². The number of fused-ring (bicyclic) bond motifs is 1. The van der Waals surface area contributed by atoms with Crippen molar-refractivity contribution in [3.8, 4) is 22.8 Å². The third-order valence-electron chi connectivity index (χ3n) is 6.40. The van der Waals surface area contributed by atoms with Crippen LogP contribution in [-0.2, 0) is 20.4 Å². The Labute approximate surface area is 221 Å². The Morgan fingerprint density at radius 2 is 1.87 bits per heavy atom. The molecule has 1 aliphatic heterocycles. The lowest BCUT2D eigenvalue weighted by molar-refractivity contribution is -0.745. The van der Waals surface area contributed by atoms with Crippen LogP contribution in [0.2, 0.25) is 0 Å². The molecule has 1 saturated heterocycles. The third-order valence-corrected chi connectivity index (χ3v) is 6.89. The molecule has 0 spiro atoms. The Balaban J connectivity index is 1.52. The zero-order chi connectivity index (χ0) is 27.9. The highest BCUT2D eigenvalue weighted by Crippen LogP contribution is 2.38. The Bertz CT molecular complexity index is 1540. The monoisotopic (exact) mass is 559 g/mol. The maximum absolute atomic E-state index is 12.9. The first-order valence-electron chi connectivity index (χ1n) is 11.7. The molecule has 1 fully saturated rings. The normalized spacial score (nSPS) is 21.5. The number of hydrogen-bond donors (Lipinski definition) is 5. The number of ether oxygens (including phenoxy) is 2. The molecule has 206 valence electrons. The van der Waals surface area contributed by atoms with Gasteiger partial charge in [0, 0.05) is 11.4 Å². The van der Waals surface area contributed by atoms with Gasteiger partial charge in [-0.1, -0.05) is 47.4 Å². The number of aromatic nitrogens is 4. The van der Waals surface area contributed by atoms with Crippen LogP contribution in [0.25, 0.3) is 22.3 Å². The summed E-state index contributed by atoms with van der Waals surface area (Å²) in [6.07, 6.45) is -4.21. The molecule has 0 amide bonds. The molecule has 0 radical (unpaired) electrons. The van der Waals surface area contributed by atoms with E-state index < -0.39 is 44.8 Å². The molecular weight excluding hydrogens is 533 g/mol. The number of benzene rings is 2. The van der Waals surface area contributed by atoms with Gasteiger partial charge in [-0.25, -0.2) is 14.1 Å². The van der Waals surface area contributed by atoms with Crippen LogP contribution in [0.4, 0.5) is 5.95 Å². The molecule has 2 aromatic carbocycles. The highest BCUT2D eigenvalue weighted by atomic mass is 31.2. The number of methoxy groups -OCH3 is 1. The van der Waals surface area contributed by atoms with Crippen LogP contribution in [0.3, 0.4) is 0 Å². The second-order valence-electron chi connectivity index (χ2n) is 8.94. The Morgan fingerprint density at radius 1 is 1.13 bits per heavy atom. The van der Waals surface area contributed by atoms with E-state index in [0.717, 1.165) is 16.7 Å². The van der Waals surface area contributed by atoms with E-state index in [4.69, 9.17) is 25.0 Å². The summed E-state index contributed by atoms with van der Waals surface area (Å²) in [6.45, 7) is -0.548. The maximum Gasteiger partial charge on any atom is 0.469 e. The van der Waals surface area contributed by atoms with Crippen molar-refractivity contribution < 1.29 is 48.2 Å². The van der Waals surface area contributed by atoms with Gasteiger partial charge in [-0.3, -0.25) is 9.09 Å². The number of aliphatic hydroxyl groups is 2. The number of phosphoric acid groups is 1. The van der Waals surface area contributed by atoms with Crippen LogP contribution in [0.1, 0.15) is 11.8 Å². The molecule has 0 bridgehead atoms. The fourth-order valence-corrected chi connectivity index (χ4v) is 4.92. The number of nitrogens with zero attached hydrogens (tertiary/aromatic N) is 4. The maximum atomic E-state index is 12.9. The summed E-state index contributed by atoms with van der Waals surface area (Å²) in [6, 6.07) is 15.4. The van der Waals surface area contributed by atoms with E-state index in [-0.39, 0.29) is 23.7 Å². The third kappa shape index (κ3) is 5.44. The molecule has 1 aliphatic rings. The van der Waals surface area contributed by atoms with Crippen LogP contribution < -0.4 is 20.1 Å². The lowest BCUT2D eigenvalue weighted by Gasteiger charge is -2.14. The van der Waals surface area contributed by atoms with Gasteiger partial charge in [0.05, 0.1) is 20.3 Å². The number of hydrogen-bond acceptors (Lipinski definition) is 10. The first-order valence-corrected chi connectivity index (χ1v) is 13.3. The smallest absolute Gasteiger partial charge is 0.469 e. The van der Waals surface area contributed by atoms with Gasteiger partial charge >= 0.3 is 13.5 Å². The fourth-order valence-electron chi connectivity index (χ4n) is 4.58. The van der Waals surface area contributed by atoms with Gasteiger partial charge in [0.2, 0.25) is 6.23 Å². The second kappa shape index (κ2) is 10.5. The number of anilines is 1. The molecule has 0 unspecified atom stereocenters. The summed E-state index contributed by atoms with van der Waals surface area (Å²) in [4.78, 5) is 25.9. The largest absolute Gasteiger partial charge is 0.856 e. The first-order chi connectivity index (χ1) is 18.6. The SMILES string of the molecule is COc1cc(-c2ccccc2)ccc1Cn1c[n+]([C@H]2O[C@@H](COP(=O)(O)O)[C@H](O)[C@@H]2O)c2nc(N)nc([O-])c21. The van der Waals surface area contributed by atoms with Gasteiger partial charge in [-0.05, 0) is 17.2 Å². The molecule has 5 rings (SSSR count). The lowest BCUT2D eigenvalue weighted by atomic mass is 10.0. The van der Waals surface area contributed by atoms with Crippen molar-refractivity contribution in [3.05, 3.63) is 60.4 Å². The summed E-state index contributed by atoms with van der Waals surface area (Å²) >= 11 is 0. The van der Waals surface area contributed by atoms with E-state index in [1.165, 1.54) is 18.0 Å². The first kappa shape index (κ1) is 27.0. The van der Waals surface area contributed by atoms with Gasteiger partial charge in [0.25, 0.3) is 5.95 Å². The highest BCUT2D eigenvalue weighted by molar-refractivity contribution is 7.46. The van der Waals surface area contributed by atoms with Gasteiger partial charge in [0.15, 0.2) is 11.8 Å². The second-order valence-corrected chi connectivity index (χ2v) is 10.2. The molecule has 2 aromatic heterocycles. The predicted octanol–water partition coefficient (Wildman–Crippen LogP) is -0.173. The van der Waals surface area contributed by atoms with E-state index >= 15 is 0 Å². The van der Waals surface area contributed by atoms with Crippen molar-refractivity contribution in [1.82, 2.24) is 14.5 Å². The van der Waals surface area contributed by atoms with E-state index in [9.17, 15) is 19.9 Å². The average Bonchev–Trinajstić information content (AvgIpc) is 3.39. The predicted molar refractivity (Wildman–Crippen MR) is 133 cm³/mol. The summed E-state index contributed by atoms with van der Waals surface area (Å²) in [5.41, 5.74) is 8.47. The van der Waals surface area contributed by atoms with Crippen LogP contribution in [-0.4, -0.2) is 66.6 Å². The number of nitrogen functional groups attached to an aromatic ring is 1. The molecule has 14 nitrogen and oxygen atoms in total. The number of aliphatic hydroxyl groups excluding tert-OH is 2. The number of rotatable bonds is 8. The van der Waals surface area contributed by atoms with Crippen molar-refractivity contribution in [2.45, 2.75) is 31.1 Å². The number of phosphoric ester groups is 1. The molecule has 0 aliphatic carbocycles. The highest BCUT2D eigenvalue weighted by Gasteiger charge is 2.47. The molecule has 3 heterocycles. The van der Waals surface area contributed by atoms with E-state index in [2.05, 4.69) is 14.5 Å². The Kier molecular flexibility index (Phi) is 7.27. The summed E-state index contributed by atoms with van der Waals surface area (Å²) in [7, 11) is -3.31. The van der Waals surface area contributed by atoms with Gasteiger partial charge in [0.1, 0.15) is 24.1 Å². The number of nitrogens with two attached hydrogens (primary N) is 1. The van der Waals surface area contributed by atoms with Gasteiger partial charge in [-0.2, -0.15) is 0 Å². The Hall–Kier alpha value is -3.62. The zero-order valence-corrected chi connectivity index (χ0v) is 21.5. The fraction of sp³-hybridized carbons (Fsp3) is 0.292. The molecule has 0 saturated carbocycles. The minimum Gasteiger partial charge on any atom is -0.856 e. The molecular formula is C24H26N5O9P. The minimum atomic E-state index is -4.85. The molecule has 39 heavy (non-hydrogen) atoms. The molecule has 15 heteroatoms. The molecule has 4 atom stereocenters. The Morgan fingerprint density at radius 3 is 2.56 bits per heavy atom. The zero-order valence-electron chi connectivity index (χ0n) is 20.6. The summed E-state index contributed by atoms with van der Waals surface area (Å²) in [5.74, 6) is -0.417. The van der Waals surface area contributed by atoms with Gasteiger partial charge < -0.3 is 40.3 Å². The van der Waals surface area contributed by atoms with Crippen molar-refractivity contribution in [2.24, 2.45) is 0 Å². The van der Waals surface area contributed by atoms with Crippen LogP contribution in [0.5, 0.6) is 11.6 Å².